The number of hydrogen-bond acceptors (Lipinski definition) is 5. The average molecular weight is 392 g/mol. The van der Waals surface area contributed by atoms with Crippen LogP contribution in [0.15, 0.2) is 35.7 Å². The van der Waals surface area contributed by atoms with Crippen LogP contribution in [0.3, 0.4) is 0 Å². The van der Waals surface area contributed by atoms with Crippen molar-refractivity contribution in [2.24, 2.45) is 0 Å². The van der Waals surface area contributed by atoms with Gasteiger partial charge in [0.15, 0.2) is 5.82 Å². The largest absolute Gasteiger partial charge is 0.416 e. The molecule has 1 aliphatic rings. The normalized spacial score (nSPS) is 18.7. The molecule has 1 aliphatic heterocycles. The minimum Gasteiger partial charge on any atom is -0.363 e. The van der Waals surface area contributed by atoms with Crippen LogP contribution in [-0.4, -0.2) is 41.3 Å². The number of likely N-dealkylation sites (N-methyl/N-ethyl adjacent to an activating group) is 1. The maximum atomic E-state index is 12.8. The van der Waals surface area contributed by atoms with Crippen molar-refractivity contribution in [1.29, 1.82) is 0 Å². The lowest BCUT2D eigenvalue weighted by Crippen LogP contribution is -2.39. The lowest BCUT2D eigenvalue weighted by molar-refractivity contribution is -0.137. The second-order valence-electron chi connectivity index (χ2n) is 6.88. The molecular formula is C19H19F3N4S. The predicted molar refractivity (Wildman–Crippen MR) is 102 cm³/mol. The molecule has 4 rings (SSSR count). The van der Waals surface area contributed by atoms with Gasteiger partial charge in [-0.2, -0.15) is 13.2 Å². The molecule has 0 spiro atoms. The summed E-state index contributed by atoms with van der Waals surface area (Å²) in [4.78, 5) is 2.29. The number of alkyl halides is 3. The average Bonchev–Trinajstić information content (AvgIpc) is 3.12. The van der Waals surface area contributed by atoms with Crippen molar-refractivity contribution in [3.8, 4) is 11.3 Å². The molecule has 2 aromatic heterocycles. The van der Waals surface area contributed by atoms with Crippen LogP contribution in [0.25, 0.3) is 21.3 Å². The molecule has 0 bridgehead atoms. The van der Waals surface area contributed by atoms with E-state index in [0.717, 1.165) is 54.0 Å². The van der Waals surface area contributed by atoms with Crippen LogP contribution < -0.4 is 5.32 Å². The zero-order chi connectivity index (χ0) is 19.0. The lowest BCUT2D eigenvalue weighted by Gasteiger charge is -2.30. The number of thiophene rings is 1. The summed E-state index contributed by atoms with van der Waals surface area (Å²) in [7, 11) is 2.11. The van der Waals surface area contributed by atoms with Crippen molar-refractivity contribution >= 4 is 27.2 Å². The van der Waals surface area contributed by atoms with Gasteiger partial charge in [0.25, 0.3) is 0 Å². The predicted octanol–water partition coefficient (Wildman–Crippen LogP) is 4.88. The van der Waals surface area contributed by atoms with Crippen molar-refractivity contribution in [2.45, 2.75) is 25.1 Å². The number of hydrogen-bond donors (Lipinski definition) is 1. The number of anilines is 1. The van der Waals surface area contributed by atoms with E-state index in [1.807, 2.05) is 11.4 Å². The smallest absolute Gasteiger partial charge is 0.363 e. The van der Waals surface area contributed by atoms with Crippen molar-refractivity contribution in [3.05, 3.63) is 41.3 Å². The summed E-state index contributed by atoms with van der Waals surface area (Å²) in [6, 6.07) is 7.33. The Labute approximate surface area is 159 Å². The minimum absolute atomic E-state index is 0.320. The Balaban J connectivity index is 1.65. The summed E-state index contributed by atoms with van der Waals surface area (Å²) in [6.45, 7) is 2.06. The molecule has 1 N–H and O–H groups in total. The number of halogens is 3. The molecule has 0 unspecified atom stereocenters. The number of piperidine rings is 1. The topological polar surface area (TPSA) is 41.0 Å². The third kappa shape index (κ3) is 3.77. The van der Waals surface area contributed by atoms with E-state index in [9.17, 15) is 13.2 Å². The summed E-state index contributed by atoms with van der Waals surface area (Å²) in [6.07, 6.45) is -2.12. The maximum Gasteiger partial charge on any atom is 0.416 e. The summed E-state index contributed by atoms with van der Waals surface area (Å²) < 4.78 is 39.4. The van der Waals surface area contributed by atoms with Gasteiger partial charge in [-0.05, 0) is 50.0 Å². The molecule has 1 aromatic carbocycles. The molecule has 3 aromatic rings. The van der Waals surface area contributed by atoms with Gasteiger partial charge in [0.2, 0.25) is 0 Å². The van der Waals surface area contributed by atoms with Gasteiger partial charge in [-0.3, -0.25) is 0 Å². The summed E-state index contributed by atoms with van der Waals surface area (Å²) in [5.41, 5.74) is 0.564. The fourth-order valence-corrected chi connectivity index (χ4v) is 4.32. The monoisotopic (exact) mass is 392 g/mol. The Morgan fingerprint density at radius 3 is 2.63 bits per heavy atom. The second-order valence-corrected chi connectivity index (χ2v) is 7.80. The molecule has 0 amide bonds. The Kier molecular flexibility index (Phi) is 4.77. The van der Waals surface area contributed by atoms with Crippen LogP contribution in [0.5, 0.6) is 0 Å². The minimum atomic E-state index is -4.34. The number of nitrogens with zero attached hydrogens (tertiary/aromatic N) is 3. The van der Waals surface area contributed by atoms with Gasteiger partial charge in [0.05, 0.1) is 10.3 Å². The number of fused-ring (bicyclic) bond motifs is 1. The van der Waals surface area contributed by atoms with E-state index in [1.165, 1.54) is 12.1 Å². The zero-order valence-electron chi connectivity index (χ0n) is 14.8. The zero-order valence-corrected chi connectivity index (χ0v) is 15.6. The molecule has 3 heterocycles. The van der Waals surface area contributed by atoms with Gasteiger partial charge in [-0.1, -0.05) is 12.1 Å². The molecule has 1 fully saturated rings. The van der Waals surface area contributed by atoms with Gasteiger partial charge in [0.1, 0.15) is 5.69 Å². The highest BCUT2D eigenvalue weighted by atomic mass is 32.1. The van der Waals surface area contributed by atoms with Gasteiger partial charge in [0, 0.05) is 23.5 Å². The van der Waals surface area contributed by atoms with E-state index in [2.05, 4.69) is 27.5 Å². The Morgan fingerprint density at radius 1 is 1.15 bits per heavy atom. The summed E-state index contributed by atoms with van der Waals surface area (Å²) >= 11 is 1.56. The summed E-state index contributed by atoms with van der Waals surface area (Å²) in [5, 5.41) is 15.0. The van der Waals surface area contributed by atoms with Crippen molar-refractivity contribution in [2.75, 3.05) is 25.5 Å². The Hall–Kier alpha value is -2.19. The first kappa shape index (κ1) is 18.2. The van der Waals surface area contributed by atoms with E-state index in [1.54, 1.807) is 11.3 Å². The molecular weight excluding hydrogens is 373 g/mol. The van der Waals surface area contributed by atoms with E-state index in [0.29, 0.717) is 17.3 Å². The van der Waals surface area contributed by atoms with Crippen molar-refractivity contribution in [1.82, 2.24) is 15.1 Å². The van der Waals surface area contributed by atoms with Gasteiger partial charge < -0.3 is 10.2 Å². The molecule has 1 atom stereocenters. The molecule has 27 heavy (non-hydrogen) atoms. The number of nitrogens with one attached hydrogen (secondary N) is 1. The van der Waals surface area contributed by atoms with E-state index >= 15 is 0 Å². The number of aromatic nitrogens is 2. The molecule has 0 saturated carbocycles. The van der Waals surface area contributed by atoms with Crippen LogP contribution in [-0.2, 0) is 6.18 Å². The van der Waals surface area contributed by atoms with Gasteiger partial charge >= 0.3 is 6.18 Å². The van der Waals surface area contributed by atoms with E-state index in [-0.39, 0.29) is 0 Å². The van der Waals surface area contributed by atoms with Crippen LogP contribution in [0.4, 0.5) is 19.0 Å². The van der Waals surface area contributed by atoms with Crippen LogP contribution >= 0.6 is 11.3 Å². The van der Waals surface area contributed by atoms with Crippen LogP contribution in [0, 0.1) is 0 Å². The van der Waals surface area contributed by atoms with E-state index < -0.39 is 11.7 Å². The van der Waals surface area contributed by atoms with Gasteiger partial charge in [-0.25, -0.2) is 0 Å². The first-order valence-corrected chi connectivity index (χ1v) is 9.66. The van der Waals surface area contributed by atoms with Crippen molar-refractivity contribution in [3.63, 3.8) is 0 Å². The molecule has 1 saturated heterocycles. The molecule has 142 valence electrons. The highest BCUT2D eigenvalue weighted by Gasteiger charge is 2.30. The Morgan fingerprint density at radius 2 is 1.93 bits per heavy atom. The van der Waals surface area contributed by atoms with Crippen LogP contribution in [0.2, 0.25) is 0 Å². The fourth-order valence-electron chi connectivity index (χ4n) is 3.48. The maximum absolute atomic E-state index is 12.8. The first-order chi connectivity index (χ1) is 12.9. The standard InChI is InChI=1S/C19H19F3N4S/c1-26-9-2-3-14(11-26)23-18-17-15(8-10-27-17)16(24-25-18)12-4-6-13(7-5-12)19(20,21)22/h4-8,10,14H,2-3,9,11H2,1H3,(H,23,25)/t14-/m1/s1. The van der Waals surface area contributed by atoms with E-state index in [4.69, 9.17) is 0 Å². The summed E-state index contributed by atoms with van der Waals surface area (Å²) in [5.74, 6) is 0.746. The fraction of sp³-hybridized carbons (Fsp3) is 0.368. The highest BCUT2D eigenvalue weighted by Crippen LogP contribution is 2.36. The molecule has 8 heteroatoms. The SMILES string of the molecule is CN1CCC[C@@H](Nc2nnc(-c3ccc(C(F)(F)F)cc3)c3ccsc23)C1. The first-order valence-electron chi connectivity index (χ1n) is 8.78. The second kappa shape index (κ2) is 7.09. The molecule has 0 aliphatic carbocycles. The third-order valence-electron chi connectivity index (χ3n) is 4.84. The quantitative estimate of drug-likeness (QED) is 0.690. The van der Waals surface area contributed by atoms with Crippen LogP contribution in [0.1, 0.15) is 18.4 Å². The van der Waals surface area contributed by atoms with Gasteiger partial charge in [-0.15, -0.1) is 21.5 Å². The molecule has 4 nitrogen and oxygen atoms in total. The number of likely N-dealkylation sites (tertiary alicyclic amines) is 1. The molecule has 0 radical (unpaired) electrons. The third-order valence-corrected chi connectivity index (χ3v) is 5.76. The Bertz CT molecular complexity index is 936. The van der Waals surface area contributed by atoms with Crippen molar-refractivity contribution < 1.29 is 13.2 Å². The number of benzene rings is 1. The lowest BCUT2D eigenvalue weighted by atomic mass is 10.1. The number of rotatable bonds is 3. The highest BCUT2D eigenvalue weighted by molar-refractivity contribution is 7.17.